The molecule has 0 spiro atoms. The average molecular weight is 363 g/mol. The molecule has 0 bridgehead atoms. The van der Waals surface area contributed by atoms with Crippen molar-refractivity contribution in [2.45, 2.75) is 79.2 Å². The predicted molar refractivity (Wildman–Crippen MR) is 104 cm³/mol. The molecule has 0 aromatic carbocycles. The van der Waals surface area contributed by atoms with E-state index in [9.17, 15) is 9.59 Å². The van der Waals surface area contributed by atoms with Gasteiger partial charge in [-0.1, -0.05) is 40.5 Å². The van der Waals surface area contributed by atoms with Crippen molar-refractivity contribution in [1.29, 1.82) is 0 Å². The fraction of sp³-hybridized carbons (Fsp3) is 0.750. The minimum absolute atomic E-state index is 0.0654. The highest BCUT2D eigenvalue weighted by molar-refractivity contribution is 5.74. The molecule has 0 atom stereocenters. The number of nitrogens with one attached hydrogen (secondary N) is 2. The first-order valence-corrected chi connectivity index (χ1v) is 10.1. The number of urea groups is 1. The zero-order valence-corrected chi connectivity index (χ0v) is 16.8. The molecule has 2 amide bonds. The molecule has 1 aliphatic rings. The maximum atomic E-state index is 12.7. The minimum Gasteiger partial charge on any atom is -0.334 e. The van der Waals surface area contributed by atoms with Gasteiger partial charge in [-0.05, 0) is 43.1 Å². The normalized spacial score (nSPS) is 17.0. The lowest BCUT2D eigenvalue weighted by Gasteiger charge is -2.30. The highest BCUT2D eigenvalue weighted by Crippen LogP contribution is 2.37. The molecule has 2 rings (SSSR count). The molecule has 6 nitrogen and oxygen atoms in total. The smallest absolute Gasteiger partial charge is 0.317 e. The number of H-pyrrole nitrogens is 1. The number of hydrogen-bond donors (Lipinski definition) is 2. The SMILES string of the molecule is CCc1n[nH]c(=O)c(CNC(=O)N2CCCC(CC)(CC)CC2)c1CC. The molecule has 0 aliphatic carbocycles. The van der Waals surface area contributed by atoms with Gasteiger partial charge >= 0.3 is 6.03 Å². The molecule has 1 saturated heterocycles. The minimum atomic E-state index is -0.203. The van der Waals surface area contributed by atoms with Crippen LogP contribution >= 0.6 is 0 Å². The summed E-state index contributed by atoms with van der Waals surface area (Å²) in [6.45, 7) is 10.4. The Hall–Kier alpha value is -1.85. The summed E-state index contributed by atoms with van der Waals surface area (Å²) < 4.78 is 0. The second-order valence-corrected chi connectivity index (χ2v) is 7.37. The highest BCUT2D eigenvalue weighted by atomic mass is 16.2. The standard InChI is InChI=1S/C20H34N4O2/c1-5-15-16(18(25)23-22-17(15)6-2)14-21-19(26)24-12-9-10-20(7-3,8-4)11-13-24/h5-14H2,1-4H3,(H,21,26)(H,23,25). The third-order valence-electron chi connectivity index (χ3n) is 6.22. The molecule has 0 radical (unpaired) electrons. The van der Waals surface area contributed by atoms with Crippen molar-refractivity contribution in [1.82, 2.24) is 20.4 Å². The number of carbonyl (C=O) groups is 1. The molecule has 2 heterocycles. The maximum absolute atomic E-state index is 12.7. The van der Waals surface area contributed by atoms with E-state index in [1.54, 1.807) is 0 Å². The summed E-state index contributed by atoms with van der Waals surface area (Å²) >= 11 is 0. The van der Waals surface area contributed by atoms with Crippen LogP contribution in [0.15, 0.2) is 4.79 Å². The highest BCUT2D eigenvalue weighted by Gasteiger charge is 2.30. The van der Waals surface area contributed by atoms with Crippen LogP contribution < -0.4 is 10.9 Å². The van der Waals surface area contributed by atoms with E-state index in [-0.39, 0.29) is 18.1 Å². The molecule has 1 aromatic heterocycles. The van der Waals surface area contributed by atoms with Crippen molar-refractivity contribution in [2.24, 2.45) is 5.41 Å². The second-order valence-electron chi connectivity index (χ2n) is 7.37. The Kier molecular flexibility index (Phi) is 7.23. The monoisotopic (exact) mass is 362 g/mol. The van der Waals surface area contributed by atoms with Crippen molar-refractivity contribution in [3.8, 4) is 0 Å². The molecule has 146 valence electrons. The van der Waals surface area contributed by atoms with Gasteiger partial charge in [0.25, 0.3) is 5.56 Å². The van der Waals surface area contributed by atoms with Gasteiger partial charge in [-0.25, -0.2) is 9.89 Å². The first-order chi connectivity index (χ1) is 12.5. The lowest BCUT2D eigenvalue weighted by atomic mass is 9.76. The number of amides is 2. The van der Waals surface area contributed by atoms with E-state index < -0.39 is 0 Å². The van der Waals surface area contributed by atoms with Gasteiger partial charge in [-0.3, -0.25) is 4.79 Å². The van der Waals surface area contributed by atoms with Crippen LogP contribution in [0.4, 0.5) is 4.79 Å². The Bertz CT molecular complexity index is 664. The van der Waals surface area contributed by atoms with Crippen LogP contribution in [0.25, 0.3) is 0 Å². The third kappa shape index (κ3) is 4.46. The number of carbonyl (C=O) groups excluding carboxylic acids is 1. The molecule has 1 aliphatic heterocycles. The summed E-state index contributed by atoms with van der Waals surface area (Å²) in [6.07, 6.45) is 7.14. The van der Waals surface area contributed by atoms with E-state index in [0.717, 1.165) is 50.0 Å². The maximum Gasteiger partial charge on any atom is 0.317 e. The van der Waals surface area contributed by atoms with Crippen molar-refractivity contribution in [3.63, 3.8) is 0 Å². The van der Waals surface area contributed by atoms with Crippen LogP contribution in [-0.4, -0.2) is 34.2 Å². The van der Waals surface area contributed by atoms with E-state index in [0.29, 0.717) is 11.0 Å². The number of aryl methyl sites for hydroxylation is 1. The second kappa shape index (κ2) is 9.19. The summed E-state index contributed by atoms with van der Waals surface area (Å²) in [4.78, 5) is 26.8. The van der Waals surface area contributed by atoms with Crippen LogP contribution in [0.1, 0.15) is 76.6 Å². The molecule has 6 heteroatoms. The summed E-state index contributed by atoms with van der Waals surface area (Å²) in [5.74, 6) is 0. The Balaban J connectivity index is 2.04. The fourth-order valence-electron chi connectivity index (χ4n) is 4.15. The zero-order chi connectivity index (χ0) is 19.2. The Labute approximate surface area is 156 Å². The van der Waals surface area contributed by atoms with Crippen LogP contribution in [0, 0.1) is 5.41 Å². The van der Waals surface area contributed by atoms with Gasteiger partial charge in [0.05, 0.1) is 12.2 Å². The number of likely N-dealkylation sites (tertiary alicyclic amines) is 1. The molecular formula is C20H34N4O2. The van der Waals surface area contributed by atoms with E-state index in [1.165, 1.54) is 19.3 Å². The van der Waals surface area contributed by atoms with E-state index in [1.807, 2.05) is 18.7 Å². The Morgan fingerprint density at radius 1 is 1.12 bits per heavy atom. The van der Waals surface area contributed by atoms with Crippen molar-refractivity contribution in [3.05, 3.63) is 27.2 Å². The number of hydrogen-bond acceptors (Lipinski definition) is 3. The van der Waals surface area contributed by atoms with Gasteiger partial charge in [-0.15, -0.1) is 0 Å². The first kappa shape index (κ1) is 20.5. The number of rotatable bonds is 6. The van der Waals surface area contributed by atoms with E-state index >= 15 is 0 Å². The van der Waals surface area contributed by atoms with Crippen molar-refractivity contribution < 1.29 is 4.79 Å². The fourth-order valence-corrected chi connectivity index (χ4v) is 4.15. The molecule has 0 unspecified atom stereocenters. The summed E-state index contributed by atoms with van der Waals surface area (Å²) in [5, 5.41) is 9.66. The summed E-state index contributed by atoms with van der Waals surface area (Å²) in [7, 11) is 0. The van der Waals surface area contributed by atoms with Crippen molar-refractivity contribution >= 4 is 6.03 Å². The Morgan fingerprint density at radius 2 is 1.85 bits per heavy atom. The molecular weight excluding hydrogens is 328 g/mol. The lowest BCUT2D eigenvalue weighted by molar-refractivity contribution is 0.190. The molecule has 1 aromatic rings. The van der Waals surface area contributed by atoms with E-state index in [4.69, 9.17) is 0 Å². The average Bonchev–Trinajstić information content (AvgIpc) is 2.89. The van der Waals surface area contributed by atoms with Crippen LogP contribution in [0.3, 0.4) is 0 Å². The number of aromatic nitrogens is 2. The quantitative estimate of drug-likeness (QED) is 0.814. The number of aromatic amines is 1. The van der Waals surface area contributed by atoms with Gasteiger partial charge < -0.3 is 10.2 Å². The largest absolute Gasteiger partial charge is 0.334 e. The van der Waals surface area contributed by atoms with Crippen molar-refractivity contribution in [2.75, 3.05) is 13.1 Å². The van der Waals surface area contributed by atoms with Gasteiger partial charge in [0.1, 0.15) is 0 Å². The summed E-state index contributed by atoms with van der Waals surface area (Å²) in [5.41, 5.74) is 2.68. The van der Waals surface area contributed by atoms with Gasteiger partial charge in [0.15, 0.2) is 0 Å². The third-order valence-corrected chi connectivity index (χ3v) is 6.22. The molecule has 26 heavy (non-hydrogen) atoms. The van der Waals surface area contributed by atoms with Crippen LogP contribution in [-0.2, 0) is 19.4 Å². The lowest BCUT2D eigenvalue weighted by Crippen LogP contribution is -2.41. The van der Waals surface area contributed by atoms with Crippen LogP contribution in [0.2, 0.25) is 0 Å². The predicted octanol–water partition coefficient (Wildman–Crippen LogP) is 3.40. The first-order valence-electron chi connectivity index (χ1n) is 10.1. The van der Waals surface area contributed by atoms with Crippen LogP contribution in [0.5, 0.6) is 0 Å². The molecule has 1 fully saturated rings. The topological polar surface area (TPSA) is 78.1 Å². The van der Waals surface area contributed by atoms with Gasteiger partial charge in [-0.2, -0.15) is 5.10 Å². The number of nitrogens with zero attached hydrogens (tertiary/aromatic N) is 2. The Morgan fingerprint density at radius 3 is 2.46 bits per heavy atom. The molecule has 0 saturated carbocycles. The van der Waals surface area contributed by atoms with Gasteiger partial charge in [0.2, 0.25) is 0 Å². The zero-order valence-electron chi connectivity index (χ0n) is 16.8. The molecule has 2 N–H and O–H groups in total. The van der Waals surface area contributed by atoms with Gasteiger partial charge in [0, 0.05) is 18.7 Å². The summed E-state index contributed by atoms with van der Waals surface area (Å²) in [6, 6.07) is -0.0654. The van der Waals surface area contributed by atoms with E-state index in [2.05, 4.69) is 29.4 Å².